The molecule has 1 saturated carbocycles. The summed E-state index contributed by atoms with van der Waals surface area (Å²) < 4.78 is 0. The number of carbonyl (C=O) groups excluding carboxylic acids is 4. The fraction of sp³-hybridized carbons (Fsp3) is 0.550. The third-order valence-electron chi connectivity index (χ3n) is 5.76. The monoisotopic (exact) mass is 402 g/mol. The number of nitrogens with zero attached hydrogens (tertiary/aromatic N) is 3. The summed E-state index contributed by atoms with van der Waals surface area (Å²) in [6.45, 7) is 0.315. The highest BCUT2D eigenvalue weighted by atomic mass is 16.5. The van der Waals surface area contributed by atoms with Crippen LogP contribution in [0.5, 0.6) is 0 Å². The van der Waals surface area contributed by atoms with Crippen LogP contribution in [0.4, 0.5) is 0 Å². The fourth-order valence-corrected chi connectivity index (χ4v) is 4.31. The molecular weight excluding hydrogens is 376 g/mol. The van der Waals surface area contributed by atoms with Crippen molar-refractivity contribution in [3.63, 3.8) is 0 Å². The summed E-state index contributed by atoms with van der Waals surface area (Å²) >= 11 is 0. The van der Waals surface area contributed by atoms with E-state index < -0.39 is 23.8 Å². The zero-order valence-corrected chi connectivity index (χ0v) is 16.2. The quantitative estimate of drug-likeness (QED) is 0.304. The first-order valence-corrected chi connectivity index (χ1v) is 9.98. The predicted octanol–water partition coefficient (Wildman–Crippen LogP) is 0.983. The lowest BCUT2D eigenvalue weighted by atomic mass is 9.89. The van der Waals surface area contributed by atoms with Crippen LogP contribution in [-0.2, 0) is 14.4 Å². The first kappa shape index (κ1) is 20.9. The Morgan fingerprint density at radius 3 is 2.66 bits per heavy atom. The van der Waals surface area contributed by atoms with Gasteiger partial charge >= 0.3 is 0 Å². The van der Waals surface area contributed by atoms with Crippen LogP contribution in [0.3, 0.4) is 0 Å². The second kappa shape index (κ2) is 9.60. The molecule has 1 aliphatic carbocycles. The lowest BCUT2D eigenvalue weighted by Gasteiger charge is -2.31. The SMILES string of the molecule is O=CN(O)CC(C(=O)N1CCC[C@H]1C(=O)NC(=O)c1ccccn1)C1CCCC1. The number of hydrogen-bond donors (Lipinski definition) is 2. The Morgan fingerprint density at radius 2 is 2.00 bits per heavy atom. The van der Waals surface area contributed by atoms with E-state index in [9.17, 15) is 24.4 Å². The molecule has 3 rings (SSSR count). The third-order valence-corrected chi connectivity index (χ3v) is 5.76. The van der Waals surface area contributed by atoms with Crippen LogP contribution in [0.1, 0.15) is 49.0 Å². The van der Waals surface area contributed by atoms with Crippen molar-refractivity contribution in [3.8, 4) is 0 Å². The zero-order valence-electron chi connectivity index (χ0n) is 16.2. The standard InChI is InChI=1S/C20H26N4O5/c25-13-23(29)12-15(14-6-1-2-7-14)20(28)24-11-5-9-17(24)19(27)22-18(26)16-8-3-4-10-21-16/h3-4,8,10,13-15,17,29H,1-2,5-7,9,11-12H2,(H,22,26,27)/t15?,17-/m0/s1. The predicted molar refractivity (Wildman–Crippen MR) is 101 cm³/mol. The van der Waals surface area contributed by atoms with E-state index in [0.29, 0.717) is 24.4 Å². The summed E-state index contributed by atoms with van der Waals surface area (Å²) in [7, 11) is 0. The summed E-state index contributed by atoms with van der Waals surface area (Å²) in [4.78, 5) is 54.5. The van der Waals surface area contributed by atoms with E-state index in [1.54, 1.807) is 12.1 Å². The molecule has 0 bridgehead atoms. The zero-order chi connectivity index (χ0) is 20.8. The molecule has 1 aromatic rings. The van der Waals surface area contributed by atoms with E-state index in [2.05, 4.69) is 10.3 Å². The maximum absolute atomic E-state index is 13.2. The minimum atomic E-state index is -0.748. The Morgan fingerprint density at radius 1 is 1.24 bits per heavy atom. The average molecular weight is 402 g/mol. The van der Waals surface area contributed by atoms with E-state index in [-0.39, 0.29) is 30.5 Å². The number of carbonyl (C=O) groups is 4. The highest BCUT2D eigenvalue weighted by Gasteiger charge is 2.41. The second-order valence-electron chi connectivity index (χ2n) is 7.60. The molecule has 0 radical (unpaired) electrons. The molecule has 2 N–H and O–H groups in total. The van der Waals surface area contributed by atoms with E-state index in [1.165, 1.54) is 17.2 Å². The molecule has 0 spiro atoms. The molecule has 2 aliphatic rings. The number of imide groups is 1. The van der Waals surface area contributed by atoms with Crippen molar-refractivity contribution < 1.29 is 24.4 Å². The lowest BCUT2D eigenvalue weighted by molar-refractivity contribution is -0.159. The number of hydrogen-bond acceptors (Lipinski definition) is 6. The second-order valence-corrected chi connectivity index (χ2v) is 7.60. The van der Waals surface area contributed by atoms with E-state index in [4.69, 9.17) is 0 Å². The number of pyridine rings is 1. The van der Waals surface area contributed by atoms with Gasteiger partial charge in [-0.1, -0.05) is 18.9 Å². The number of hydroxylamine groups is 2. The van der Waals surface area contributed by atoms with Crippen molar-refractivity contribution in [2.75, 3.05) is 13.1 Å². The minimum absolute atomic E-state index is 0.0663. The number of nitrogens with one attached hydrogen (secondary N) is 1. The van der Waals surface area contributed by atoms with Crippen molar-refractivity contribution >= 4 is 24.1 Å². The van der Waals surface area contributed by atoms with Gasteiger partial charge in [0, 0.05) is 12.7 Å². The van der Waals surface area contributed by atoms with Crippen LogP contribution in [0, 0.1) is 11.8 Å². The number of aromatic nitrogens is 1. The summed E-state index contributed by atoms with van der Waals surface area (Å²) in [5.41, 5.74) is 0.127. The van der Waals surface area contributed by atoms with Crippen LogP contribution >= 0.6 is 0 Å². The Balaban J connectivity index is 1.70. The van der Waals surface area contributed by atoms with E-state index in [1.807, 2.05) is 0 Å². The molecule has 9 nitrogen and oxygen atoms in total. The van der Waals surface area contributed by atoms with Crippen LogP contribution < -0.4 is 5.32 Å². The van der Waals surface area contributed by atoms with Crippen molar-refractivity contribution in [2.24, 2.45) is 11.8 Å². The average Bonchev–Trinajstić information content (AvgIpc) is 3.44. The van der Waals surface area contributed by atoms with Crippen molar-refractivity contribution in [2.45, 2.75) is 44.6 Å². The molecule has 4 amide bonds. The van der Waals surface area contributed by atoms with Gasteiger partial charge in [0.1, 0.15) is 11.7 Å². The van der Waals surface area contributed by atoms with Crippen LogP contribution in [0.25, 0.3) is 0 Å². The summed E-state index contributed by atoms with van der Waals surface area (Å²) in [6.07, 6.45) is 6.57. The first-order chi connectivity index (χ1) is 14.0. The summed E-state index contributed by atoms with van der Waals surface area (Å²) in [5, 5.41) is 12.5. The Labute approximate surface area is 169 Å². The van der Waals surface area contributed by atoms with Gasteiger partial charge in [-0.2, -0.15) is 0 Å². The van der Waals surface area contributed by atoms with Crippen LogP contribution in [0.15, 0.2) is 24.4 Å². The van der Waals surface area contributed by atoms with Gasteiger partial charge in [-0.15, -0.1) is 0 Å². The molecule has 156 valence electrons. The van der Waals surface area contributed by atoms with Gasteiger partial charge in [0.15, 0.2) is 0 Å². The molecule has 2 fully saturated rings. The maximum atomic E-state index is 13.2. The first-order valence-electron chi connectivity index (χ1n) is 9.98. The molecule has 9 heteroatoms. The number of amides is 4. The van der Waals surface area contributed by atoms with Gasteiger partial charge < -0.3 is 4.90 Å². The van der Waals surface area contributed by atoms with Crippen molar-refractivity contribution in [1.82, 2.24) is 20.3 Å². The molecule has 29 heavy (non-hydrogen) atoms. The normalized spacial score (nSPS) is 20.3. The summed E-state index contributed by atoms with van der Waals surface area (Å²) in [6, 6.07) is 4.08. The largest absolute Gasteiger partial charge is 0.330 e. The molecule has 0 aromatic carbocycles. The lowest BCUT2D eigenvalue weighted by Crippen LogP contribution is -2.51. The highest BCUT2D eigenvalue weighted by Crippen LogP contribution is 2.34. The van der Waals surface area contributed by atoms with Crippen molar-refractivity contribution in [1.29, 1.82) is 0 Å². The van der Waals surface area contributed by atoms with Gasteiger partial charge in [0.05, 0.1) is 12.5 Å². The Kier molecular flexibility index (Phi) is 6.92. The molecule has 1 unspecified atom stereocenters. The Hall–Kier alpha value is -2.81. The molecule has 1 saturated heterocycles. The highest BCUT2D eigenvalue weighted by molar-refractivity contribution is 6.06. The van der Waals surface area contributed by atoms with Crippen LogP contribution in [0.2, 0.25) is 0 Å². The fourth-order valence-electron chi connectivity index (χ4n) is 4.31. The van der Waals surface area contributed by atoms with Gasteiger partial charge in [-0.25, -0.2) is 5.06 Å². The molecule has 2 heterocycles. The molecule has 1 aromatic heterocycles. The van der Waals surface area contributed by atoms with Crippen LogP contribution in [-0.4, -0.2) is 63.4 Å². The number of rotatable bonds is 7. The van der Waals surface area contributed by atoms with Gasteiger partial charge in [-0.05, 0) is 43.7 Å². The van der Waals surface area contributed by atoms with Gasteiger partial charge in [-0.3, -0.25) is 34.7 Å². The van der Waals surface area contributed by atoms with Gasteiger partial charge in [0.2, 0.25) is 18.2 Å². The summed E-state index contributed by atoms with van der Waals surface area (Å²) in [5.74, 6) is -1.89. The topological polar surface area (TPSA) is 120 Å². The minimum Gasteiger partial charge on any atom is -0.330 e. The van der Waals surface area contributed by atoms with E-state index in [0.717, 1.165) is 25.7 Å². The van der Waals surface area contributed by atoms with Gasteiger partial charge in [0.25, 0.3) is 5.91 Å². The number of likely N-dealkylation sites (tertiary alicyclic amines) is 1. The van der Waals surface area contributed by atoms with E-state index >= 15 is 0 Å². The smallest absolute Gasteiger partial charge is 0.276 e. The Bertz CT molecular complexity index is 750. The van der Waals surface area contributed by atoms with Crippen molar-refractivity contribution in [3.05, 3.63) is 30.1 Å². The maximum Gasteiger partial charge on any atom is 0.276 e. The third kappa shape index (κ3) is 4.97. The molecule has 1 aliphatic heterocycles. The molecular formula is C20H26N4O5. The molecule has 2 atom stereocenters.